The van der Waals surface area contributed by atoms with Crippen LogP contribution in [0.3, 0.4) is 0 Å². The van der Waals surface area contributed by atoms with Gasteiger partial charge in [0.2, 0.25) is 0 Å². The number of rotatable bonds is 4. The first-order chi connectivity index (χ1) is 11.9. The summed E-state index contributed by atoms with van der Waals surface area (Å²) in [5, 5.41) is 5.98. The molecule has 1 heterocycles. The van der Waals surface area contributed by atoms with Crippen LogP contribution in [-0.2, 0) is 17.6 Å². The average Bonchev–Trinajstić information content (AvgIpc) is 2.91. The monoisotopic (exact) mass is 380 g/mol. The normalized spacial score (nSPS) is 13.2. The lowest BCUT2D eigenvalue weighted by molar-refractivity contribution is -0.141. The first kappa shape index (κ1) is 19.6. The summed E-state index contributed by atoms with van der Waals surface area (Å²) < 4.78 is 79.4. The van der Waals surface area contributed by atoms with E-state index >= 15 is 0 Å². The second-order valence-electron chi connectivity index (χ2n) is 5.40. The summed E-state index contributed by atoms with van der Waals surface area (Å²) in [6.45, 7) is 1.52. The van der Waals surface area contributed by atoms with E-state index in [0.29, 0.717) is 23.0 Å². The molecule has 2 N–H and O–H groups in total. The molecule has 0 spiro atoms. The van der Waals surface area contributed by atoms with Crippen molar-refractivity contribution in [2.24, 2.45) is 5.16 Å². The topological polar surface area (TPSA) is 65.4 Å². The minimum Gasteiger partial charge on any atom is -0.399 e. The van der Waals surface area contributed by atoms with Gasteiger partial charge in [-0.05, 0) is 24.1 Å². The molecule has 5 nitrogen and oxygen atoms in total. The van der Waals surface area contributed by atoms with Crippen LogP contribution in [0.4, 0.5) is 32.0 Å². The molecule has 2 aromatic rings. The number of aryl methyl sites for hydroxylation is 1. The van der Waals surface area contributed by atoms with Crippen LogP contribution in [-0.4, -0.2) is 28.8 Å². The summed E-state index contributed by atoms with van der Waals surface area (Å²) in [6, 6.07) is 4.70. The van der Waals surface area contributed by atoms with Gasteiger partial charge in [0.25, 0.3) is 0 Å². The van der Waals surface area contributed by atoms with Gasteiger partial charge in [-0.15, -0.1) is 0 Å². The molecule has 142 valence electrons. The smallest absolute Gasteiger partial charge is 0.399 e. The van der Waals surface area contributed by atoms with E-state index in [9.17, 15) is 26.3 Å². The van der Waals surface area contributed by atoms with Gasteiger partial charge in [0.1, 0.15) is 7.11 Å². The molecule has 0 saturated carbocycles. The van der Waals surface area contributed by atoms with Gasteiger partial charge in [-0.25, -0.2) is 0 Å². The summed E-state index contributed by atoms with van der Waals surface area (Å²) in [5.41, 5.74) is 2.64. The highest BCUT2D eigenvalue weighted by Gasteiger charge is 2.46. The van der Waals surface area contributed by atoms with Gasteiger partial charge in [0.05, 0.1) is 12.1 Å². The maximum Gasteiger partial charge on any atom is 0.437 e. The number of nitrogens with zero attached hydrogens (tertiary/aromatic N) is 3. The van der Waals surface area contributed by atoms with Crippen LogP contribution in [0, 0.1) is 6.92 Å². The van der Waals surface area contributed by atoms with Crippen LogP contribution in [0.25, 0.3) is 0 Å². The Morgan fingerprint density at radius 2 is 1.88 bits per heavy atom. The van der Waals surface area contributed by atoms with Gasteiger partial charge in [-0.1, -0.05) is 17.3 Å². The van der Waals surface area contributed by atoms with E-state index in [1.807, 2.05) is 0 Å². The SMILES string of the molecule is CON=C(c1cn(Cc2ccc(N)c(C)c2)nc1C(F)(F)F)C(F)(F)F. The summed E-state index contributed by atoms with van der Waals surface area (Å²) >= 11 is 0. The fraction of sp³-hybridized carbons (Fsp3) is 0.333. The molecule has 1 aromatic carbocycles. The van der Waals surface area contributed by atoms with Gasteiger partial charge in [-0.2, -0.15) is 31.4 Å². The summed E-state index contributed by atoms with van der Waals surface area (Å²) in [4.78, 5) is 4.06. The third kappa shape index (κ3) is 4.27. The minimum atomic E-state index is -5.15. The molecule has 2 rings (SSSR count). The number of nitrogens with two attached hydrogens (primary N) is 1. The predicted molar refractivity (Wildman–Crippen MR) is 81.5 cm³/mol. The predicted octanol–water partition coefficient (Wildman–Crippen LogP) is 3.75. The quantitative estimate of drug-likeness (QED) is 0.380. The van der Waals surface area contributed by atoms with E-state index in [1.165, 1.54) is 0 Å². The second-order valence-corrected chi connectivity index (χ2v) is 5.40. The lowest BCUT2D eigenvalue weighted by Crippen LogP contribution is -2.26. The number of anilines is 1. The number of oxime groups is 1. The molecule has 0 bridgehead atoms. The molecule has 0 saturated heterocycles. The van der Waals surface area contributed by atoms with Crippen molar-refractivity contribution < 1.29 is 31.2 Å². The van der Waals surface area contributed by atoms with E-state index in [4.69, 9.17) is 5.73 Å². The number of hydrogen-bond acceptors (Lipinski definition) is 4. The van der Waals surface area contributed by atoms with Gasteiger partial charge in [0.15, 0.2) is 11.4 Å². The average molecular weight is 380 g/mol. The van der Waals surface area contributed by atoms with Crippen LogP contribution in [0.1, 0.15) is 22.4 Å². The van der Waals surface area contributed by atoms with Gasteiger partial charge in [0, 0.05) is 11.9 Å². The zero-order chi connectivity index (χ0) is 19.7. The third-order valence-electron chi connectivity index (χ3n) is 3.42. The van der Waals surface area contributed by atoms with Crippen molar-refractivity contribution in [3.63, 3.8) is 0 Å². The van der Waals surface area contributed by atoms with Gasteiger partial charge >= 0.3 is 12.4 Å². The van der Waals surface area contributed by atoms with Gasteiger partial charge < -0.3 is 10.6 Å². The van der Waals surface area contributed by atoms with Crippen molar-refractivity contribution in [3.8, 4) is 0 Å². The fourth-order valence-electron chi connectivity index (χ4n) is 2.25. The molecular weight excluding hydrogens is 366 g/mol. The summed E-state index contributed by atoms with van der Waals surface area (Å²) in [6.07, 6.45) is -9.61. The molecule has 0 fully saturated rings. The Morgan fingerprint density at radius 3 is 2.38 bits per heavy atom. The Kier molecular flexibility index (Phi) is 5.19. The highest BCUT2D eigenvalue weighted by atomic mass is 19.4. The number of aromatic nitrogens is 2. The molecule has 0 aliphatic heterocycles. The number of benzene rings is 1. The van der Waals surface area contributed by atoms with E-state index in [-0.39, 0.29) is 6.54 Å². The second kappa shape index (κ2) is 6.89. The zero-order valence-electron chi connectivity index (χ0n) is 13.6. The Hall–Kier alpha value is -2.72. The van der Waals surface area contributed by atoms with Crippen molar-refractivity contribution in [1.29, 1.82) is 0 Å². The lowest BCUT2D eigenvalue weighted by atomic mass is 10.1. The van der Waals surface area contributed by atoms with Crippen LogP contribution >= 0.6 is 0 Å². The van der Waals surface area contributed by atoms with Crippen molar-refractivity contribution in [2.45, 2.75) is 25.8 Å². The first-order valence-corrected chi connectivity index (χ1v) is 7.12. The molecular formula is C15H14F6N4O. The first-order valence-electron chi connectivity index (χ1n) is 7.12. The van der Waals surface area contributed by atoms with Crippen LogP contribution in [0.15, 0.2) is 29.6 Å². The highest BCUT2D eigenvalue weighted by Crippen LogP contribution is 2.34. The molecule has 26 heavy (non-hydrogen) atoms. The lowest BCUT2D eigenvalue weighted by Gasteiger charge is -2.10. The van der Waals surface area contributed by atoms with Crippen molar-refractivity contribution >= 4 is 11.4 Å². The maximum atomic E-state index is 13.2. The van der Waals surface area contributed by atoms with E-state index < -0.39 is 29.3 Å². The van der Waals surface area contributed by atoms with E-state index in [1.54, 1.807) is 25.1 Å². The number of hydrogen-bond donors (Lipinski definition) is 1. The van der Waals surface area contributed by atoms with Gasteiger partial charge in [-0.3, -0.25) is 4.68 Å². The van der Waals surface area contributed by atoms with E-state index in [2.05, 4.69) is 15.1 Å². The highest BCUT2D eigenvalue weighted by molar-refractivity contribution is 6.05. The van der Waals surface area contributed by atoms with E-state index in [0.717, 1.165) is 11.8 Å². The molecule has 0 amide bonds. The minimum absolute atomic E-state index is 0.178. The van der Waals surface area contributed by atoms with Crippen molar-refractivity contribution in [1.82, 2.24) is 9.78 Å². The van der Waals surface area contributed by atoms with Crippen LogP contribution in [0.2, 0.25) is 0 Å². The molecule has 11 heteroatoms. The number of halogens is 6. The third-order valence-corrected chi connectivity index (χ3v) is 3.42. The summed E-state index contributed by atoms with van der Waals surface area (Å²) in [5.74, 6) is 0. The zero-order valence-corrected chi connectivity index (χ0v) is 13.6. The number of nitrogen functional groups attached to an aromatic ring is 1. The molecule has 0 atom stereocenters. The standard InChI is InChI=1S/C15H14F6N4O/c1-8-5-9(3-4-11(8)22)6-25-7-10(12(23-25)14(16,17)18)13(24-26-2)15(19,20)21/h3-5,7H,6,22H2,1-2H3. The molecule has 0 aliphatic rings. The fourth-order valence-corrected chi connectivity index (χ4v) is 2.25. The Labute approximate surface area is 144 Å². The molecule has 0 aliphatic carbocycles. The Bertz CT molecular complexity index is 823. The molecule has 0 radical (unpaired) electrons. The maximum absolute atomic E-state index is 13.2. The van der Waals surface area contributed by atoms with Crippen molar-refractivity contribution in [2.75, 3.05) is 12.8 Å². The number of alkyl halides is 6. The van der Waals surface area contributed by atoms with Crippen LogP contribution in [0.5, 0.6) is 0 Å². The molecule has 0 unspecified atom stereocenters. The largest absolute Gasteiger partial charge is 0.437 e. The Morgan fingerprint density at radius 1 is 1.23 bits per heavy atom. The van der Waals surface area contributed by atoms with Crippen molar-refractivity contribution in [3.05, 3.63) is 46.8 Å². The molecule has 1 aromatic heterocycles. The Balaban J connectivity index is 2.52. The van der Waals surface area contributed by atoms with Crippen LogP contribution < -0.4 is 5.73 Å². The summed E-state index contributed by atoms with van der Waals surface area (Å²) in [7, 11) is 0.806.